The topological polar surface area (TPSA) is 78.5 Å². The van der Waals surface area contributed by atoms with Crippen molar-refractivity contribution in [2.45, 2.75) is 18.2 Å². The van der Waals surface area contributed by atoms with Crippen LogP contribution >= 0.6 is 0 Å². The number of amides is 1. The van der Waals surface area contributed by atoms with Gasteiger partial charge < -0.3 is 10.6 Å². The molecule has 1 aliphatic rings. The second-order valence-corrected chi connectivity index (χ2v) is 8.39. The zero-order valence-electron chi connectivity index (χ0n) is 15.9. The lowest BCUT2D eigenvalue weighted by Crippen LogP contribution is -2.31. The highest BCUT2D eigenvalue weighted by Gasteiger charge is 2.24. The van der Waals surface area contributed by atoms with E-state index in [1.54, 1.807) is 43.3 Å². The van der Waals surface area contributed by atoms with Crippen LogP contribution < -0.4 is 14.9 Å². The molecule has 3 rings (SSSR count). The van der Waals surface area contributed by atoms with E-state index in [1.165, 1.54) is 22.0 Å². The molecule has 0 saturated carbocycles. The molecule has 28 heavy (non-hydrogen) atoms. The van der Waals surface area contributed by atoms with Crippen molar-refractivity contribution in [1.29, 1.82) is 0 Å². The van der Waals surface area contributed by atoms with Gasteiger partial charge in [-0.2, -0.15) is 0 Å². The highest BCUT2D eigenvalue weighted by Crippen LogP contribution is 2.23. The Hall–Kier alpha value is -2.64. The summed E-state index contributed by atoms with van der Waals surface area (Å²) in [6.07, 6.45) is 2.97. The Morgan fingerprint density at radius 3 is 2.61 bits per heavy atom. The van der Waals surface area contributed by atoms with Crippen LogP contribution in [-0.4, -0.2) is 40.5 Å². The van der Waals surface area contributed by atoms with E-state index >= 15 is 0 Å². The summed E-state index contributed by atoms with van der Waals surface area (Å²) < 4.78 is 27.6. The van der Waals surface area contributed by atoms with Gasteiger partial charge in [0.15, 0.2) is 0 Å². The Balaban J connectivity index is 1.79. The van der Waals surface area contributed by atoms with Gasteiger partial charge in [-0.05, 0) is 50.2 Å². The Labute approximate surface area is 166 Å². The van der Waals surface area contributed by atoms with Gasteiger partial charge in [0.1, 0.15) is 0 Å². The number of carbonyl (C=O) groups excluding carboxylic acids is 1. The standard InChI is InChI=1S/C21H25N3O3S/c1-2-24(19-8-4-3-5-9-19)28(26,27)20-10-6-7-18(15-20)21(25)23-16-17-11-13-22-14-12-17/h3-11,15,22H,2,12-14,16H2,1H3,(H,23,25). The fourth-order valence-corrected chi connectivity index (χ4v) is 4.66. The van der Waals surface area contributed by atoms with Gasteiger partial charge in [0.2, 0.25) is 0 Å². The number of sulfonamides is 1. The largest absolute Gasteiger partial charge is 0.348 e. The molecular formula is C21H25N3O3S. The van der Waals surface area contributed by atoms with Crippen molar-refractivity contribution in [1.82, 2.24) is 10.6 Å². The predicted octanol–water partition coefficient (Wildman–Crippen LogP) is 2.55. The molecule has 0 spiro atoms. The molecule has 148 valence electrons. The van der Waals surface area contributed by atoms with E-state index in [1.807, 2.05) is 6.07 Å². The first-order chi connectivity index (χ1) is 13.5. The lowest BCUT2D eigenvalue weighted by Gasteiger charge is -2.23. The summed E-state index contributed by atoms with van der Waals surface area (Å²) in [4.78, 5) is 12.6. The van der Waals surface area contributed by atoms with Gasteiger partial charge >= 0.3 is 0 Å². The summed E-state index contributed by atoms with van der Waals surface area (Å²) in [5.74, 6) is -0.278. The zero-order chi connectivity index (χ0) is 20.0. The molecular weight excluding hydrogens is 374 g/mol. The molecule has 2 N–H and O–H groups in total. The predicted molar refractivity (Wildman–Crippen MR) is 111 cm³/mol. The SMILES string of the molecule is CCN(c1ccccc1)S(=O)(=O)c1cccc(C(=O)NCC2=CCNCC2)c1. The smallest absolute Gasteiger partial charge is 0.264 e. The maximum atomic E-state index is 13.1. The highest BCUT2D eigenvalue weighted by atomic mass is 32.2. The van der Waals surface area contributed by atoms with Crippen molar-refractivity contribution < 1.29 is 13.2 Å². The Morgan fingerprint density at radius 2 is 1.93 bits per heavy atom. The van der Waals surface area contributed by atoms with E-state index in [0.29, 0.717) is 24.3 Å². The minimum atomic E-state index is -3.76. The van der Waals surface area contributed by atoms with Gasteiger partial charge in [0.25, 0.3) is 15.9 Å². The van der Waals surface area contributed by atoms with E-state index in [-0.39, 0.29) is 10.8 Å². The molecule has 0 atom stereocenters. The molecule has 0 radical (unpaired) electrons. The molecule has 2 aromatic rings. The van der Waals surface area contributed by atoms with Gasteiger partial charge in [-0.1, -0.05) is 35.9 Å². The lowest BCUT2D eigenvalue weighted by atomic mass is 10.1. The molecule has 6 nitrogen and oxygen atoms in total. The Bertz CT molecular complexity index is 956. The van der Waals surface area contributed by atoms with Crippen LogP contribution in [0.5, 0.6) is 0 Å². The van der Waals surface area contributed by atoms with Crippen LogP contribution in [0.1, 0.15) is 23.7 Å². The van der Waals surface area contributed by atoms with E-state index in [9.17, 15) is 13.2 Å². The first-order valence-electron chi connectivity index (χ1n) is 9.37. The van der Waals surface area contributed by atoms with E-state index in [4.69, 9.17) is 0 Å². The van der Waals surface area contributed by atoms with Crippen LogP contribution in [0.25, 0.3) is 0 Å². The monoisotopic (exact) mass is 399 g/mol. The van der Waals surface area contributed by atoms with E-state index < -0.39 is 10.0 Å². The van der Waals surface area contributed by atoms with Gasteiger partial charge in [-0.15, -0.1) is 0 Å². The zero-order valence-corrected chi connectivity index (χ0v) is 16.7. The molecule has 0 fully saturated rings. The summed E-state index contributed by atoms with van der Waals surface area (Å²) in [5.41, 5.74) is 2.11. The number of anilines is 1. The Kier molecular flexibility index (Phi) is 6.49. The third-order valence-electron chi connectivity index (χ3n) is 4.65. The molecule has 0 aliphatic carbocycles. The molecule has 2 aromatic carbocycles. The molecule has 7 heteroatoms. The fraction of sp³-hybridized carbons (Fsp3) is 0.286. The third-order valence-corrected chi connectivity index (χ3v) is 6.55. The average molecular weight is 400 g/mol. The molecule has 1 heterocycles. The normalized spacial score (nSPS) is 14.2. The minimum Gasteiger partial charge on any atom is -0.348 e. The van der Waals surface area contributed by atoms with Gasteiger partial charge in [-0.25, -0.2) is 8.42 Å². The molecule has 0 saturated heterocycles. The summed E-state index contributed by atoms with van der Waals surface area (Å²) >= 11 is 0. The summed E-state index contributed by atoms with van der Waals surface area (Å²) in [6, 6.07) is 15.1. The minimum absolute atomic E-state index is 0.104. The van der Waals surface area contributed by atoms with Crippen molar-refractivity contribution in [3.8, 4) is 0 Å². The fourth-order valence-electron chi connectivity index (χ4n) is 3.14. The van der Waals surface area contributed by atoms with Crippen LogP contribution in [0.15, 0.2) is 71.1 Å². The van der Waals surface area contributed by atoms with Crippen molar-refractivity contribution in [3.05, 3.63) is 71.8 Å². The number of para-hydroxylation sites is 1. The van der Waals surface area contributed by atoms with Crippen molar-refractivity contribution in [3.63, 3.8) is 0 Å². The summed E-state index contributed by atoms with van der Waals surface area (Å²) in [7, 11) is -3.76. The van der Waals surface area contributed by atoms with Crippen LogP contribution in [0, 0.1) is 0 Å². The number of nitrogens with zero attached hydrogens (tertiary/aromatic N) is 1. The third kappa shape index (κ3) is 4.61. The van der Waals surface area contributed by atoms with E-state index in [0.717, 1.165) is 19.5 Å². The number of benzene rings is 2. The first-order valence-corrected chi connectivity index (χ1v) is 10.8. The molecule has 1 aliphatic heterocycles. The molecule has 1 amide bonds. The average Bonchev–Trinajstić information content (AvgIpc) is 2.74. The van der Waals surface area contributed by atoms with Crippen LogP contribution in [0.2, 0.25) is 0 Å². The first kappa shape index (κ1) is 20.1. The molecule has 0 unspecified atom stereocenters. The maximum Gasteiger partial charge on any atom is 0.264 e. The van der Waals surface area contributed by atoms with Gasteiger partial charge in [-0.3, -0.25) is 9.10 Å². The maximum absolute atomic E-state index is 13.1. The second-order valence-electron chi connectivity index (χ2n) is 6.53. The summed E-state index contributed by atoms with van der Waals surface area (Å²) in [6.45, 7) is 4.27. The van der Waals surface area contributed by atoms with Crippen LogP contribution in [0.4, 0.5) is 5.69 Å². The van der Waals surface area contributed by atoms with Crippen molar-refractivity contribution >= 4 is 21.6 Å². The quantitative estimate of drug-likeness (QED) is 0.702. The van der Waals surface area contributed by atoms with Gasteiger partial charge in [0, 0.05) is 25.2 Å². The number of hydrogen-bond acceptors (Lipinski definition) is 4. The molecule has 0 aromatic heterocycles. The van der Waals surface area contributed by atoms with Crippen LogP contribution in [-0.2, 0) is 10.0 Å². The van der Waals surface area contributed by atoms with Gasteiger partial charge in [0.05, 0.1) is 10.6 Å². The van der Waals surface area contributed by atoms with Crippen LogP contribution in [0.3, 0.4) is 0 Å². The molecule has 0 bridgehead atoms. The Morgan fingerprint density at radius 1 is 1.14 bits per heavy atom. The number of carbonyl (C=O) groups is 1. The highest BCUT2D eigenvalue weighted by molar-refractivity contribution is 7.92. The second kappa shape index (κ2) is 9.03. The summed E-state index contributed by atoms with van der Waals surface area (Å²) in [5, 5.41) is 6.11. The number of hydrogen-bond donors (Lipinski definition) is 2. The number of nitrogens with one attached hydrogen (secondary N) is 2. The number of rotatable bonds is 7. The van der Waals surface area contributed by atoms with Crippen molar-refractivity contribution in [2.75, 3.05) is 30.5 Å². The lowest BCUT2D eigenvalue weighted by molar-refractivity contribution is 0.0956. The van der Waals surface area contributed by atoms with E-state index in [2.05, 4.69) is 16.7 Å². The van der Waals surface area contributed by atoms with Crippen molar-refractivity contribution in [2.24, 2.45) is 0 Å².